The third kappa shape index (κ3) is 4.32. The maximum atomic E-state index is 12.9. The Morgan fingerprint density at radius 1 is 1.29 bits per heavy atom. The molecule has 0 fully saturated rings. The highest BCUT2D eigenvalue weighted by molar-refractivity contribution is 7.99. The van der Waals surface area contributed by atoms with Crippen LogP contribution in [0, 0.1) is 13.8 Å². The molecule has 1 aliphatic heterocycles. The summed E-state index contributed by atoms with van der Waals surface area (Å²) < 4.78 is 37.4. The number of ether oxygens (including phenoxy) is 1. The first kappa shape index (κ1) is 23.5. The van der Waals surface area contributed by atoms with E-state index < -0.39 is 16.1 Å². The van der Waals surface area contributed by atoms with Crippen molar-refractivity contribution in [1.29, 1.82) is 0 Å². The molecule has 0 saturated carbocycles. The fraction of sp³-hybridized carbons (Fsp3) is 0.381. The highest BCUT2D eigenvalue weighted by atomic mass is 32.2. The maximum absolute atomic E-state index is 12.9. The molecule has 4 aromatic rings. The number of nitrogens with two attached hydrogens (primary N) is 1. The van der Waals surface area contributed by atoms with Gasteiger partial charge in [-0.25, -0.2) is 27.8 Å². The second-order valence-electron chi connectivity index (χ2n) is 8.45. The van der Waals surface area contributed by atoms with Gasteiger partial charge in [-0.2, -0.15) is 10.1 Å². The number of nitrogens with one attached hydrogen (secondary N) is 1. The Bertz CT molecular complexity index is 1550. The van der Waals surface area contributed by atoms with Crippen LogP contribution >= 0.6 is 11.8 Å². The summed E-state index contributed by atoms with van der Waals surface area (Å²) in [7, 11) is -0.439. The second kappa shape index (κ2) is 8.77. The molecule has 3 N–H and O–H groups in total. The minimum atomic E-state index is -3.79. The Hall–Kier alpha value is -3.23. The lowest BCUT2D eigenvalue weighted by atomic mass is 10.1. The lowest BCUT2D eigenvalue weighted by molar-refractivity contribution is 0.406. The molecule has 0 aromatic carbocycles. The number of thioether (sulfide) groups is 1. The molecule has 1 aliphatic rings. The highest BCUT2D eigenvalue weighted by Gasteiger charge is 2.29. The van der Waals surface area contributed by atoms with Gasteiger partial charge in [0.25, 0.3) is 10.0 Å². The number of imidazole rings is 1. The number of rotatable bonds is 6. The molecule has 14 heteroatoms. The van der Waals surface area contributed by atoms with E-state index >= 15 is 0 Å². The van der Waals surface area contributed by atoms with Gasteiger partial charge in [0.15, 0.2) is 10.7 Å². The Labute approximate surface area is 206 Å². The molecular weight excluding hydrogens is 490 g/mol. The van der Waals surface area contributed by atoms with Gasteiger partial charge in [-0.1, -0.05) is 0 Å². The number of sulfonamides is 1. The van der Waals surface area contributed by atoms with E-state index in [0.717, 1.165) is 28.0 Å². The smallest absolute Gasteiger partial charge is 0.259 e. The average Bonchev–Trinajstić information content (AvgIpc) is 3.33. The Balaban J connectivity index is 1.51. The monoisotopic (exact) mass is 515 g/mol. The van der Waals surface area contributed by atoms with E-state index in [1.54, 1.807) is 29.6 Å². The summed E-state index contributed by atoms with van der Waals surface area (Å²) in [5, 5.41) is 6.23. The third-order valence-corrected chi connectivity index (χ3v) is 8.38. The minimum absolute atomic E-state index is 0.0265. The van der Waals surface area contributed by atoms with E-state index in [2.05, 4.69) is 24.7 Å². The Kier molecular flexibility index (Phi) is 5.89. The van der Waals surface area contributed by atoms with Gasteiger partial charge in [0, 0.05) is 48.8 Å². The predicted molar refractivity (Wildman–Crippen MR) is 131 cm³/mol. The molecule has 1 atom stereocenters. The van der Waals surface area contributed by atoms with Crippen LogP contribution in [0.15, 0.2) is 28.8 Å². The standard InChI is InChI=1S/C21H25N9O3S2/c1-11-6-23-15(12(2)18(11)33-4)7-30-19-17-14(27-30)5-13(9-34-20(17)26-21(22)25-19)28-35(31,32)16-8-29(3)10-24-16/h6,8,10,13,28H,5,7,9H2,1-4H3,(H2,22,25,26). The lowest BCUT2D eigenvalue weighted by Gasteiger charge is -2.15. The first-order valence-electron chi connectivity index (χ1n) is 10.8. The molecule has 0 bridgehead atoms. The molecule has 5 heterocycles. The van der Waals surface area contributed by atoms with E-state index in [-0.39, 0.29) is 11.0 Å². The number of hydrogen-bond acceptors (Lipinski definition) is 10. The summed E-state index contributed by atoms with van der Waals surface area (Å²) in [6.45, 7) is 4.25. The normalized spacial score (nSPS) is 15.9. The molecular formula is C21H25N9O3S2. The van der Waals surface area contributed by atoms with Gasteiger partial charge in [-0.05, 0) is 13.8 Å². The van der Waals surface area contributed by atoms with Gasteiger partial charge < -0.3 is 15.0 Å². The maximum Gasteiger partial charge on any atom is 0.259 e. The van der Waals surface area contributed by atoms with Crippen LogP contribution in [0.4, 0.5) is 5.95 Å². The SMILES string of the molecule is COc1c(C)cnc(Cn2nc3c4c(nc(N)nc42)SCC(NS(=O)(=O)c2cn(C)cn2)C3)c1C. The fourth-order valence-electron chi connectivity index (χ4n) is 4.21. The molecule has 12 nitrogen and oxygen atoms in total. The molecule has 0 amide bonds. The minimum Gasteiger partial charge on any atom is -0.496 e. The van der Waals surface area contributed by atoms with Gasteiger partial charge in [0.05, 0.1) is 36.8 Å². The van der Waals surface area contributed by atoms with Crippen LogP contribution in [-0.4, -0.2) is 61.6 Å². The summed E-state index contributed by atoms with van der Waals surface area (Å²) >= 11 is 1.42. The van der Waals surface area contributed by atoms with Crippen LogP contribution in [0.25, 0.3) is 11.0 Å². The molecule has 1 unspecified atom stereocenters. The van der Waals surface area contributed by atoms with Crippen LogP contribution < -0.4 is 15.2 Å². The molecule has 4 aromatic heterocycles. The molecule has 35 heavy (non-hydrogen) atoms. The van der Waals surface area contributed by atoms with Crippen LogP contribution in [0.3, 0.4) is 0 Å². The largest absolute Gasteiger partial charge is 0.496 e. The summed E-state index contributed by atoms with van der Waals surface area (Å²) in [5.41, 5.74) is 9.97. The first-order chi connectivity index (χ1) is 16.7. The molecule has 0 aliphatic carbocycles. The Morgan fingerprint density at radius 3 is 2.80 bits per heavy atom. The number of nitrogen functional groups attached to an aromatic ring is 1. The van der Waals surface area contributed by atoms with Crippen molar-refractivity contribution in [1.82, 2.24) is 39.0 Å². The first-order valence-corrected chi connectivity index (χ1v) is 13.3. The van der Waals surface area contributed by atoms with E-state index in [9.17, 15) is 8.42 Å². The highest BCUT2D eigenvalue weighted by Crippen LogP contribution is 2.34. The van der Waals surface area contributed by atoms with Crippen molar-refractivity contribution >= 4 is 38.8 Å². The van der Waals surface area contributed by atoms with Crippen molar-refractivity contribution in [3.8, 4) is 5.75 Å². The van der Waals surface area contributed by atoms with Crippen molar-refractivity contribution in [2.45, 2.75) is 42.9 Å². The molecule has 0 radical (unpaired) electrons. The molecule has 184 valence electrons. The zero-order valence-corrected chi connectivity index (χ0v) is 21.3. The zero-order valence-electron chi connectivity index (χ0n) is 19.7. The summed E-state index contributed by atoms with van der Waals surface area (Å²) in [5.74, 6) is 1.37. The number of methoxy groups -OCH3 is 1. The van der Waals surface area contributed by atoms with E-state index in [0.29, 0.717) is 35.1 Å². The summed E-state index contributed by atoms with van der Waals surface area (Å²) in [6, 6.07) is -0.423. The fourth-order valence-corrected chi connectivity index (χ4v) is 6.61. The lowest BCUT2D eigenvalue weighted by Crippen LogP contribution is -2.38. The third-order valence-electron chi connectivity index (χ3n) is 5.84. The molecule has 0 spiro atoms. The van der Waals surface area contributed by atoms with Crippen molar-refractivity contribution in [2.75, 3.05) is 18.6 Å². The average molecular weight is 516 g/mol. The van der Waals surface area contributed by atoms with E-state index in [1.165, 1.54) is 24.3 Å². The molecule has 5 rings (SSSR count). The van der Waals surface area contributed by atoms with Crippen LogP contribution in [-0.2, 0) is 30.0 Å². The van der Waals surface area contributed by atoms with Gasteiger partial charge in [0.1, 0.15) is 10.8 Å². The quantitative estimate of drug-likeness (QED) is 0.358. The number of aromatic nitrogens is 7. The number of nitrogens with zero attached hydrogens (tertiary/aromatic N) is 7. The second-order valence-corrected chi connectivity index (χ2v) is 11.1. The number of aryl methyl sites for hydroxylation is 2. The van der Waals surface area contributed by atoms with Crippen LogP contribution in [0.5, 0.6) is 5.75 Å². The van der Waals surface area contributed by atoms with Gasteiger partial charge in [-0.15, -0.1) is 11.8 Å². The van der Waals surface area contributed by atoms with Crippen LogP contribution in [0.1, 0.15) is 22.5 Å². The number of hydrogen-bond donors (Lipinski definition) is 2. The van der Waals surface area contributed by atoms with E-state index in [1.807, 2.05) is 13.8 Å². The summed E-state index contributed by atoms with van der Waals surface area (Å²) in [4.78, 5) is 17.4. The summed E-state index contributed by atoms with van der Waals surface area (Å²) in [6.07, 6.45) is 5.05. The van der Waals surface area contributed by atoms with Crippen molar-refractivity contribution in [3.05, 3.63) is 41.2 Å². The zero-order chi connectivity index (χ0) is 24.9. The Morgan fingerprint density at radius 2 is 2.09 bits per heavy atom. The molecule has 0 saturated heterocycles. The van der Waals surface area contributed by atoms with E-state index in [4.69, 9.17) is 15.6 Å². The number of anilines is 1. The number of pyridine rings is 1. The topological polar surface area (TPSA) is 156 Å². The van der Waals surface area contributed by atoms with Gasteiger partial charge in [-0.3, -0.25) is 4.98 Å². The predicted octanol–water partition coefficient (Wildman–Crippen LogP) is 1.21. The van der Waals surface area contributed by atoms with Crippen molar-refractivity contribution < 1.29 is 13.2 Å². The van der Waals surface area contributed by atoms with Crippen LogP contribution in [0.2, 0.25) is 0 Å². The van der Waals surface area contributed by atoms with Crippen molar-refractivity contribution in [3.63, 3.8) is 0 Å². The van der Waals surface area contributed by atoms with Crippen molar-refractivity contribution in [2.24, 2.45) is 7.05 Å². The van der Waals surface area contributed by atoms with Gasteiger partial charge in [0.2, 0.25) is 5.95 Å². The van der Waals surface area contributed by atoms with Gasteiger partial charge >= 0.3 is 0 Å².